The Labute approximate surface area is 84.6 Å². The number of hydrogen-bond donors (Lipinski definition) is 2. The molecular weight excluding hydrogens is 180 g/mol. The fraction of sp³-hybridized carbons (Fsp3) is 0.700. The molecular formula is C10H18N2O2. The molecule has 0 aliphatic carbocycles. The Balaban J connectivity index is 2.37. The highest BCUT2D eigenvalue weighted by atomic mass is 16.4. The third kappa shape index (κ3) is 4.39. The van der Waals surface area contributed by atoms with Gasteiger partial charge in [0.15, 0.2) is 0 Å². The van der Waals surface area contributed by atoms with Crippen LogP contribution < -0.4 is 5.32 Å². The van der Waals surface area contributed by atoms with Crippen LogP contribution in [0.3, 0.4) is 0 Å². The van der Waals surface area contributed by atoms with Crippen molar-refractivity contribution >= 4 is 5.97 Å². The molecule has 0 spiro atoms. The van der Waals surface area contributed by atoms with E-state index in [9.17, 15) is 4.79 Å². The summed E-state index contributed by atoms with van der Waals surface area (Å²) in [5.41, 5.74) is 0.916. The summed E-state index contributed by atoms with van der Waals surface area (Å²) >= 11 is 0. The number of carboxylic acid groups (broad SMARTS) is 1. The van der Waals surface area contributed by atoms with E-state index in [0.29, 0.717) is 0 Å². The summed E-state index contributed by atoms with van der Waals surface area (Å²) in [5.74, 6) is -0.851. The van der Waals surface area contributed by atoms with Gasteiger partial charge in [-0.2, -0.15) is 0 Å². The number of rotatable bonds is 3. The largest absolute Gasteiger partial charge is 0.478 e. The van der Waals surface area contributed by atoms with Crippen molar-refractivity contribution in [2.75, 3.05) is 32.7 Å². The third-order valence-corrected chi connectivity index (χ3v) is 2.28. The van der Waals surface area contributed by atoms with Gasteiger partial charge in [-0.05, 0) is 26.4 Å². The Morgan fingerprint density at radius 3 is 3.00 bits per heavy atom. The number of aliphatic carboxylic acids is 1. The van der Waals surface area contributed by atoms with Gasteiger partial charge in [-0.25, -0.2) is 4.79 Å². The summed E-state index contributed by atoms with van der Waals surface area (Å²) in [4.78, 5) is 12.7. The number of nitrogens with zero attached hydrogens (tertiary/aromatic N) is 1. The number of hydrogen-bond acceptors (Lipinski definition) is 3. The molecule has 0 atom stereocenters. The second-order valence-corrected chi connectivity index (χ2v) is 3.71. The van der Waals surface area contributed by atoms with Crippen molar-refractivity contribution in [3.05, 3.63) is 11.6 Å². The highest BCUT2D eigenvalue weighted by Gasteiger charge is 2.08. The van der Waals surface area contributed by atoms with Crippen LogP contribution in [0.25, 0.3) is 0 Å². The molecule has 1 fully saturated rings. The van der Waals surface area contributed by atoms with Gasteiger partial charge in [0, 0.05) is 25.7 Å². The minimum atomic E-state index is -0.851. The maximum atomic E-state index is 10.4. The van der Waals surface area contributed by atoms with Crippen molar-refractivity contribution in [1.82, 2.24) is 10.2 Å². The van der Waals surface area contributed by atoms with Gasteiger partial charge < -0.3 is 10.4 Å². The van der Waals surface area contributed by atoms with Crippen molar-refractivity contribution in [3.63, 3.8) is 0 Å². The molecule has 1 aliphatic rings. The van der Waals surface area contributed by atoms with Crippen LogP contribution in [-0.2, 0) is 4.79 Å². The maximum absolute atomic E-state index is 10.4. The summed E-state index contributed by atoms with van der Waals surface area (Å²) in [6, 6.07) is 0. The van der Waals surface area contributed by atoms with Gasteiger partial charge in [0.05, 0.1) is 0 Å². The Morgan fingerprint density at radius 1 is 1.50 bits per heavy atom. The summed E-state index contributed by atoms with van der Waals surface area (Å²) in [7, 11) is 0. The first-order valence-corrected chi connectivity index (χ1v) is 5.01. The van der Waals surface area contributed by atoms with Crippen molar-refractivity contribution in [1.29, 1.82) is 0 Å². The van der Waals surface area contributed by atoms with Gasteiger partial charge in [-0.1, -0.05) is 5.57 Å². The Morgan fingerprint density at radius 2 is 2.29 bits per heavy atom. The molecule has 0 amide bonds. The zero-order valence-electron chi connectivity index (χ0n) is 8.62. The highest BCUT2D eigenvalue weighted by molar-refractivity contribution is 5.80. The average Bonchev–Trinajstić information content (AvgIpc) is 2.31. The van der Waals surface area contributed by atoms with E-state index in [1.165, 1.54) is 6.08 Å². The van der Waals surface area contributed by atoms with Crippen LogP contribution in [-0.4, -0.2) is 48.7 Å². The Kier molecular flexibility index (Phi) is 4.62. The van der Waals surface area contributed by atoms with Crippen molar-refractivity contribution < 1.29 is 9.90 Å². The lowest BCUT2D eigenvalue weighted by Gasteiger charge is -2.19. The lowest BCUT2D eigenvalue weighted by atomic mass is 10.2. The number of carbonyl (C=O) groups is 1. The monoisotopic (exact) mass is 198 g/mol. The topological polar surface area (TPSA) is 52.6 Å². The molecule has 0 radical (unpaired) electrons. The first kappa shape index (κ1) is 11.2. The molecule has 14 heavy (non-hydrogen) atoms. The van der Waals surface area contributed by atoms with Gasteiger partial charge in [-0.15, -0.1) is 0 Å². The molecule has 4 nitrogen and oxygen atoms in total. The second kappa shape index (κ2) is 5.78. The van der Waals surface area contributed by atoms with E-state index >= 15 is 0 Å². The van der Waals surface area contributed by atoms with Crippen LogP contribution in [0.1, 0.15) is 13.3 Å². The van der Waals surface area contributed by atoms with E-state index < -0.39 is 5.97 Å². The van der Waals surface area contributed by atoms with Crippen molar-refractivity contribution in [2.24, 2.45) is 0 Å². The second-order valence-electron chi connectivity index (χ2n) is 3.71. The van der Waals surface area contributed by atoms with Gasteiger partial charge in [0.25, 0.3) is 0 Å². The molecule has 1 aliphatic heterocycles. The summed E-state index contributed by atoms with van der Waals surface area (Å²) < 4.78 is 0. The minimum absolute atomic E-state index is 0.772. The van der Waals surface area contributed by atoms with E-state index in [0.717, 1.165) is 44.7 Å². The molecule has 4 heteroatoms. The molecule has 80 valence electrons. The fourth-order valence-corrected chi connectivity index (χ4v) is 1.67. The van der Waals surface area contributed by atoms with E-state index in [1.54, 1.807) is 0 Å². The first-order chi connectivity index (χ1) is 6.68. The zero-order valence-corrected chi connectivity index (χ0v) is 8.62. The summed E-state index contributed by atoms with van der Waals surface area (Å²) in [5, 5.41) is 11.9. The van der Waals surface area contributed by atoms with Crippen LogP contribution in [0.5, 0.6) is 0 Å². The number of carboxylic acids is 1. The highest BCUT2D eigenvalue weighted by Crippen LogP contribution is 2.01. The zero-order chi connectivity index (χ0) is 10.4. The van der Waals surface area contributed by atoms with Gasteiger partial charge in [-0.3, -0.25) is 4.90 Å². The van der Waals surface area contributed by atoms with Gasteiger partial charge >= 0.3 is 5.97 Å². The van der Waals surface area contributed by atoms with Crippen LogP contribution >= 0.6 is 0 Å². The minimum Gasteiger partial charge on any atom is -0.478 e. The Bertz CT molecular complexity index is 218. The third-order valence-electron chi connectivity index (χ3n) is 2.28. The lowest BCUT2D eigenvalue weighted by molar-refractivity contribution is -0.131. The van der Waals surface area contributed by atoms with Gasteiger partial charge in [0.1, 0.15) is 0 Å². The molecule has 1 heterocycles. The maximum Gasteiger partial charge on any atom is 0.328 e. The van der Waals surface area contributed by atoms with Crippen LogP contribution in [0, 0.1) is 0 Å². The van der Waals surface area contributed by atoms with E-state index in [2.05, 4.69) is 10.2 Å². The van der Waals surface area contributed by atoms with E-state index in [4.69, 9.17) is 5.11 Å². The predicted molar refractivity (Wildman–Crippen MR) is 55.3 cm³/mol. The van der Waals surface area contributed by atoms with Gasteiger partial charge in [0.2, 0.25) is 0 Å². The fourth-order valence-electron chi connectivity index (χ4n) is 1.67. The number of nitrogens with one attached hydrogen (secondary N) is 1. The molecule has 0 aromatic rings. The molecule has 0 saturated carbocycles. The molecule has 2 N–H and O–H groups in total. The Hall–Kier alpha value is -0.870. The normalized spacial score (nSPS) is 20.5. The van der Waals surface area contributed by atoms with E-state index in [-0.39, 0.29) is 0 Å². The first-order valence-electron chi connectivity index (χ1n) is 5.01. The van der Waals surface area contributed by atoms with Crippen molar-refractivity contribution in [3.8, 4) is 0 Å². The summed E-state index contributed by atoms with van der Waals surface area (Å²) in [6.45, 7) is 6.77. The van der Waals surface area contributed by atoms with Crippen molar-refractivity contribution in [2.45, 2.75) is 13.3 Å². The average molecular weight is 198 g/mol. The quantitative estimate of drug-likeness (QED) is 0.641. The van der Waals surface area contributed by atoms with E-state index in [1.807, 2.05) is 6.92 Å². The molecule has 0 unspecified atom stereocenters. The van der Waals surface area contributed by atoms with Crippen LogP contribution in [0.2, 0.25) is 0 Å². The molecule has 0 aromatic heterocycles. The molecule has 0 aromatic carbocycles. The smallest absolute Gasteiger partial charge is 0.328 e. The SMILES string of the molecule is CC(=CC(=O)O)CN1CCCNCC1. The molecule has 0 bridgehead atoms. The lowest BCUT2D eigenvalue weighted by Crippen LogP contribution is -2.29. The molecule has 1 rings (SSSR count). The van der Waals surface area contributed by atoms with Crippen LogP contribution in [0.15, 0.2) is 11.6 Å². The standard InChI is InChI=1S/C10H18N2O2/c1-9(7-10(13)14)8-12-5-2-3-11-4-6-12/h7,11H,2-6,8H2,1H3,(H,13,14). The molecule has 1 saturated heterocycles. The summed E-state index contributed by atoms with van der Waals surface area (Å²) in [6.07, 6.45) is 2.43. The van der Waals surface area contributed by atoms with Crippen LogP contribution in [0.4, 0.5) is 0 Å². The predicted octanol–water partition coefficient (Wildman–Crippen LogP) is 0.313.